The van der Waals surface area contributed by atoms with Crippen LogP contribution in [-0.4, -0.2) is 19.4 Å². The van der Waals surface area contributed by atoms with Crippen molar-refractivity contribution in [2.24, 2.45) is 0 Å². The van der Waals surface area contributed by atoms with Crippen molar-refractivity contribution in [2.45, 2.75) is 27.7 Å². The second-order valence-electron chi connectivity index (χ2n) is 3.36. The van der Waals surface area contributed by atoms with Gasteiger partial charge >= 0.3 is 0 Å². The molecule has 0 amide bonds. The van der Waals surface area contributed by atoms with Crippen LogP contribution in [0.4, 0.5) is 5.69 Å². The lowest BCUT2D eigenvalue weighted by Gasteiger charge is -2.11. The van der Waals surface area contributed by atoms with Crippen molar-refractivity contribution in [3.8, 4) is 5.75 Å². The molecule has 0 unspecified atom stereocenters. The molecule has 0 aliphatic rings. The van der Waals surface area contributed by atoms with Gasteiger partial charge in [0.05, 0.1) is 19.3 Å². The van der Waals surface area contributed by atoms with E-state index in [0.717, 1.165) is 11.3 Å². The molecule has 0 spiro atoms. The summed E-state index contributed by atoms with van der Waals surface area (Å²) in [6, 6.07) is 3.60. The molecule has 1 N–H and O–H groups in total. The minimum absolute atomic E-state index is 0.0738. The van der Waals surface area contributed by atoms with Crippen LogP contribution >= 0.6 is 11.6 Å². The van der Waals surface area contributed by atoms with Crippen LogP contribution in [-0.2, 0) is 4.79 Å². The number of anilines is 1. The number of ketones is 1. The third-order valence-electron chi connectivity index (χ3n) is 2.01. The van der Waals surface area contributed by atoms with Gasteiger partial charge in [0, 0.05) is 11.1 Å². The number of ether oxygens (including phenoxy) is 1. The average molecular weight is 258 g/mol. The third-order valence-corrected chi connectivity index (χ3v) is 2.42. The summed E-state index contributed by atoms with van der Waals surface area (Å²) in [5.41, 5.74) is 1.73. The largest absolute Gasteiger partial charge is 0.495 e. The Morgan fingerprint density at radius 1 is 1.41 bits per heavy atom. The summed E-state index contributed by atoms with van der Waals surface area (Å²) in [6.45, 7) is 7.72. The number of nitrogens with one attached hydrogen (secondary N) is 1. The second kappa shape index (κ2) is 7.96. The van der Waals surface area contributed by atoms with E-state index in [1.165, 1.54) is 6.92 Å². The van der Waals surface area contributed by atoms with Crippen molar-refractivity contribution in [3.05, 3.63) is 22.7 Å². The zero-order chi connectivity index (χ0) is 13.4. The van der Waals surface area contributed by atoms with Gasteiger partial charge in [-0.1, -0.05) is 25.4 Å². The summed E-state index contributed by atoms with van der Waals surface area (Å²) < 4.78 is 5.16. The molecule has 0 aliphatic heterocycles. The van der Waals surface area contributed by atoms with Gasteiger partial charge in [0.15, 0.2) is 0 Å². The highest BCUT2D eigenvalue weighted by atomic mass is 35.5. The number of Topliss-reactive ketones (excluding diaryl/α,β-unsaturated/α-hetero) is 1. The molecule has 1 rings (SSSR count). The lowest BCUT2D eigenvalue weighted by molar-refractivity contribution is -0.115. The number of methoxy groups -OCH3 is 1. The van der Waals surface area contributed by atoms with Gasteiger partial charge in [0.25, 0.3) is 0 Å². The first-order valence-electron chi connectivity index (χ1n) is 5.62. The molecule has 0 aliphatic carbocycles. The Hall–Kier alpha value is -1.22. The Morgan fingerprint density at radius 2 is 2.00 bits per heavy atom. The first-order chi connectivity index (χ1) is 8.04. The molecule has 17 heavy (non-hydrogen) atoms. The molecule has 1 aromatic rings. The summed E-state index contributed by atoms with van der Waals surface area (Å²) in [4.78, 5) is 10.8. The van der Waals surface area contributed by atoms with Gasteiger partial charge in [-0.2, -0.15) is 0 Å². The normalized spacial score (nSPS) is 9.06. The van der Waals surface area contributed by atoms with E-state index in [1.807, 2.05) is 26.8 Å². The molecule has 0 atom stereocenters. The van der Waals surface area contributed by atoms with Crippen LogP contribution in [0.1, 0.15) is 26.3 Å². The maximum absolute atomic E-state index is 10.8. The molecule has 3 nitrogen and oxygen atoms in total. The highest BCUT2D eigenvalue weighted by molar-refractivity contribution is 6.31. The predicted octanol–water partition coefficient (Wildman–Crippen LogP) is 3.68. The SMILES string of the molecule is CC.COc1cc(Cl)c(C)cc1NCC(C)=O. The molecular weight excluding hydrogens is 238 g/mol. The van der Waals surface area contributed by atoms with Crippen LogP contribution in [0.3, 0.4) is 0 Å². The van der Waals surface area contributed by atoms with Crippen molar-refractivity contribution >= 4 is 23.1 Å². The Kier molecular flexibility index (Phi) is 7.39. The summed E-state index contributed by atoms with van der Waals surface area (Å²) in [5, 5.41) is 3.65. The summed E-state index contributed by atoms with van der Waals surface area (Å²) >= 11 is 5.95. The van der Waals surface area contributed by atoms with Gasteiger partial charge in [-0.3, -0.25) is 4.79 Å². The molecule has 0 saturated heterocycles. The van der Waals surface area contributed by atoms with Crippen LogP contribution in [0.5, 0.6) is 5.75 Å². The van der Waals surface area contributed by atoms with E-state index >= 15 is 0 Å². The standard InChI is InChI=1S/C11H14ClNO2.C2H6/c1-7-4-10(13-6-8(2)14)11(15-3)5-9(7)12;1-2/h4-5,13H,6H2,1-3H3;1-2H3. The molecular formula is C13H20ClNO2. The summed E-state index contributed by atoms with van der Waals surface area (Å²) in [7, 11) is 1.57. The quantitative estimate of drug-likeness (QED) is 0.894. The van der Waals surface area contributed by atoms with Gasteiger partial charge < -0.3 is 10.1 Å². The highest BCUT2D eigenvalue weighted by Gasteiger charge is 2.06. The molecule has 0 bridgehead atoms. The number of aryl methyl sites for hydroxylation is 1. The first kappa shape index (κ1) is 15.8. The van der Waals surface area contributed by atoms with Crippen molar-refractivity contribution in [1.82, 2.24) is 0 Å². The maximum atomic E-state index is 10.8. The lowest BCUT2D eigenvalue weighted by atomic mass is 10.2. The van der Waals surface area contributed by atoms with Gasteiger partial charge in [0.1, 0.15) is 11.5 Å². The van der Waals surface area contributed by atoms with E-state index in [-0.39, 0.29) is 12.3 Å². The molecule has 0 radical (unpaired) electrons. The Balaban J connectivity index is 0.00000121. The molecule has 1 aromatic carbocycles. The Morgan fingerprint density at radius 3 is 2.47 bits per heavy atom. The zero-order valence-electron chi connectivity index (χ0n) is 11.1. The molecule has 96 valence electrons. The van der Waals surface area contributed by atoms with E-state index in [9.17, 15) is 4.79 Å². The Bertz CT molecular complexity index is 378. The molecule has 0 saturated carbocycles. The number of hydrogen-bond acceptors (Lipinski definition) is 3. The van der Waals surface area contributed by atoms with Crippen LogP contribution in [0.25, 0.3) is 0 Å². The minimum Gasteiger partial charge on any atom is -0.495 e. The Labute approximate surface area is 108 Å². The monoisotopic (exact) mass is 257 g/mol. The van der Waals surface area contributed by atoms with E-state index in [1.54, 1.807) is 13.2 Å². The van der Waals surface area contributed by atoms with Gasteiger partial charge in [-0.25, -0.2) is 0 Å². The predicted molar refractivity (Wildman–Crippen MR) is 73.3 cm³/mol. The first-order valence-corrected chi connectivity index (χ1v) is 6.00. The van der Waals surface area contributed by atoms with Crippen LogP contribution < -0.4 is 10.1 Å². The van der Waals surface area contributed by atoms with Crippen molar-refractivity contribution in [1.29, 1.82) is 0 Å². The van der Waals surface area contributed by atoms with Crippen LogP contribution in [0.2, 0.25) is 5.02 Å². The van der Waals surface area contributed by atoms with E-state index < -0.39 is 0 Å². The minimum atomic E-state index is 0.0738. The fourth-order valence-electron chi connectivity index (χ4n) is 1.19. The maximum Gasteiger partial charge on any atom is 0.148 e. The number of benzene rings is 1. The zero-order valence-corrected chi connectivity index (χ0v) is 11.8. The fourth-order valence-corrected chi connectivity index (χ4v) is 1.34. The van der Waals surface area contributed by atoms with Gasteiger partial charge in [0.2, 0.25) is 0 Å². The number of carbonyl (C=O) groups excluding carboxylic acids is 1. The van der Waals surface area contributed by atoms with Crippen molar-refractivity contribution in [2.75, 3.05) is 19.0 Å². The number of hydrogen-bond donors (Lipinski definition) is 1. The molecule has 4 heteroatoms. The van der Waals surface area contributed by atoms with Gasteiger partial charge in [-0.05, 0) is 25.5 Å². The van der Waals surface area contributed by atoms with Crippen LogP contribution in [0.15, 0.2) is 12.1 Å². The lowest BCUT2D eigenvalue weighted by Crippen LogP contribution is -2.10. The summed E-state index contributed by atoms with van der Waals surface area (Å²) in [5.74, 6) is 0.719. The average Bonchev–Trinajstić information content (AvgIpc) is 2.32. The van der Waals surface area contributed by atoms with E-state index in [2.05, 4.69) is 5.32 Å². The highest BCUT2D eigenvalue weighted by Crippen LogP contribution is 2.30. The van der Waals surface area contributed by atoms with Crippen molar-refractivity contribution < 1.29 is 9.53 Å². The number of carbonyl (C=O) groups is 1. The molecule has 0 fully saturated rings. The fraction of sp³-hybridized carbons (Fsp3) is 0.462. The smallest absolute Gasteiger partial charge is 0.148 e. The molecule has 0 aromatic heterocycles. The topological polar surface area (TPSA) is 38.3 Å². The second-order valence-corrected chi connectivity index (χ2v) is 3.76. The van der Waals surface area contributed by atoms with Gasteiger partial charge in [-0.15, -0.1) is 0 Å². The summed E-state index contributed by atoms with van der Waals surface area (Å²) in [6.07, 6.45) is 0. The third kappa shape index (κ3) is 5.09. The number of rotatable bonds is 4. The molecule has 0 heterocycles. The van der Waals surface area contributed by atoms with Crippen molar-refractivity contribution in [3.63, 3.8) is 0 Å². The van der Waals surface area contributed by atoms with E-state index in [0.29, 0.717) is 10.8 Å². The van der Waals surface area contributed by atoms with Crippen LogP contribution in [0, 0.1) is 6.92 Å². The van der Waals surface area contributed by atoms with E-state index in [4.69, 9.17) is 16.3 Å². The number of halogens is 1.